The smallest absolute Gasteiger partial charge is 0.191 e. The molecule has 6 heteroatoms. The van der Waals surface area contributed by atoms with Crippen LogP contribution in [0.3, 0.4) is 0 Å². The summed E-state index contributed by atoms with van der Waals surface area (Å²) in [6.07, 6.45) is 4.81. The highest BCUT2D eigenvalue weighted by Gasteiger charge is 2.00. The van der Waals surface area contributed by atoms with Crippen molar-refractivity contribution in [1.29, 1.82) is 0 Å². The molecule has 0 bridgehead atoms. The first kappa shape index (κ1) is 16.9. The van der Waals surface area contributed by atoms with E-state index in [1.807, 2.05) is 48.4 Å². The molecule has 6 nitrogen and oxygen atoms in total. The van der Waals surface area contributed by atoms with Gasteiger partial charge < -0.3 is 15.4 Å². The molecule has 0 unspecified atom stereocenters. The Morgan fingerprint density at radius 3 is 2.61 bits per heavy atom. The van der Waals surface area contributed by atoms with E-state index in [1.165, 1.54) is 11.1 Å². The Morgan fingerprint density at radius 2 is 1.96 bits per heavy atom. The standard InChI is InChI=1S/C17H25N5O/c1-14-4-6-16(7-5-14)23-11-10-20-17(18-2)19-9-8-15-12-21-22(3)13-15/h4-7,12-13H,8-11H2,1-3H3,(H2,18,19,20). The van der Waals surface area contributed by atoms with Gasteiger partial charge in [0.25, 0.3) is 0 Å². The molecular formula is C17H25N5O. The van der Waals surface area contributed by atoms with Gasteiger partial charge in [-0.15, -0.1) is 0 Å². The number of aliphatic imine (C=N–C) groups is 1. The molecule has 0 spiro atoms. The Bertz CT molecular complexity index is 618. The predicted octanol–water partition coefficient (Wildman–Crippen LogP) is 1.52. The quantitative estimate of drug-likeness (QED) is 0.462. The number of nitrogens with one attached hydrogen (secondary N) is 2. The van der Waals surface area contributed by atoms with Crippen LogP contribution in [0.4, 0.5) is 0 Å². The highest BCUT2D eigenvalue weighted by Crippen LogP contribution is 2.10. The van der Waals surface area contributed by atoms with E-state index in [-0.39, 0.29) is 0 Å². The van der Waals surface area contributed by atoms with Crippen molar-refractivity contribution in [1.82, 2.24) is 20.4 Å². The van der Waals surface area contributed by atoms with E-state index in [0.29, 0.717) is 13.2 Å². The molecule has 124 valence electrons. The van der Waals surface area contributed by atoms with Gasteiger partial charge in [-0.05, 0) is 31.0 Å². The van der Waals surface area contributed by atoms with Crippen molar-refractivity contribution < 1.29 is 4.74 Å². The lowest BCUT2D eigenvalue weighted by molar-refractivity contribution is 0.322. The molecular weight excluding hydrogens is 290 g/mol. The van der Waals surface area contributed by atoms with Crippen LogP contribution >= 0.6 is 0 Å². The van der Waals surface area contributed by atoms with Crippen LogP contribution in [-0.4, -0.2) is 42.5 Å². The summed E-state index contributed by atoms with van der Waals surface area (Å²) in [5.41, 5.74) is 2.44. The average Bonchev–Trinajstić information content (AvgIpc) is 2.97. The molecule has 2 rings (SSSR count). The van der Waals surface area contributed by atoms with E-state index in [1.54, 1.807) is 7.05 Å². The van der Waals surface area contributed by atoms with Crippen LogP contribution in [0.25, 0.3) is 0 Å². The number of nitrogens with zero attached hydrogens (tertiary/aromatic N) is 3. The van der Waals surface area contributed by atoms with Crippen molar-refractivity contribution in [3.05, 3.63) is 47.8 Å². The third-order valence-electron chi connectivity index (χ3n) is 3.37. The van der Waals surface area contributed by atoms with Crippen molar-refractivity contribution in [2.24, 2.45) is 12.0 Å². The zero-order chi connectivity index (χ0) is 16.5. The fourth-order valence-corrected chi connectivity index (χ4v) is 2.12. The summed E-state index contributed by atoms with van der Waals surface area (Å²) in [6, 6.07) is 8.05. The molecule has 0 fully saturated rings. The lowest BCUT2D eigenvalue weighted by Crippen LogP contribution is -2.40. The number of rotatable bonds is 7. The van der Waals surface area contributed by atoms with Crippen LogP contribution in [-0.2, 0) is 13.5 Å². The third kappa shape index (κ3) is 6.02. The number of aryl methyl sites for hydroxylation is 2. The van der Waals surface area contributed by atoms with E-state index in [2.05, 4.69) is 27.6 Å². The van der Waals surface area contributed by atoms with Gasteiger partial charge in [0.2, 0.25) is 0 Å². The maximum absolute atomic E-state index is 5.68. The summed E-state index contributed by atoms with van der Waals surface area (Å²) in [5.74, 6) is 1.67. The number of benzene rings is 1. The van der Waals surface area contributed by atoms with Gasteiger partial charge in [0, 0.05) is 26.8 Å². The molecule has 1 aromatic carbocycles. The van der Waals surface area contributed by atoms with Crippen molar-refractivity contribution >= 4 is 5.96 Å². The molecule has 2 aromatic rings. The van der Waals surface area contributed by atoms with Crippen LogP contribution in [0.2, 0.25) is 0 Å². The average molecular weight is 315 g/mol. The van der Waals surface area contributed by atoms with Crippen molar-refractivity contribution in [3.63, 3.8) is 0 Å². The molecule has 0 aliphatic heterocycles. The lowest BCUT2D eigenvalue weighted by Gasteiger charge is -2.12. The maximum atomic E-state index is 5.68. The lowest BCUT2D eigenvalue weighted by atomic mass is 10.2. The van der Waals surface area contributed by atoms with E-state index in [0.717, 1.165) is 24.7 Å². The summed E-state index contributed by atoms with van der Waals surface area (Å²) in [6.45, 7) is 4.16. The molecule has 1 aromatic heterocycles. The number of ether oxygens (including phenoxy) is 1. The number of aromatic nitrogens is 2. The van der Waals surface area contributed by atoms with Crippen molar-refractivity contribution in [2.45, 2.75) is 13.3 Å². The van der Waals surface area contributed by atoms with Gasteiger partial charge in [0.05, 0.1) is 12.7 Å². The SMILES string of the molecule is CN=C(NCCOc1ccc(C)cc1)NCCc1cnn(C)c1. The Kier molecular flexibility index (Phi) is 6.47. The van der Waals surface area contributed by atoms with Crippen molar-refractivity contribution in [3.8, 4) is 5.75 Å². The highest BCUT2D eigenvalue weighted by atomic mass is 16.5. The molecule has 0 radical (unpaired) electrons. The molecule has 0 saturated carbocycles. The summed E-state index contributed by atoms with van der Waals surface area (Å²) < 4.78 is 7.49. The second-order valence-corrected chi connectivity index (χ2v) is 5.36. The van der Waals surface area contributed by atoms with Gasteiger partial charge in [-0.2, -0.15) is 5.10 Å². The summed E-state index contributed by atoms with van der Waals surface area (Å²) in [7, 11) is 3.69. The minimum absolute atomic E-state index is 0.590. The first-order chi connectivity index (χ1) is 11.2. The van der Waals surface area contributed by atoms with Crippen LogP contribution in [0, 0.1) is 6.92 Å². The Labute approximate surface area is 137 Å². The van der Waals surface area contributed by atoms with E-state index >= 15 is 0 Å². The van der Waals surface area contributed by atoms with Crippen molar-refractivity contribution in [2.75, 3.05) is 26.7 Å². The molecule has 0 atom stereocenters. The maximum Gasteiger partial charge on any atom is 0.191 e. The fraction of sp³-hybridized carbons (Fsp3) is 0.412. The van der Waals surface area contributed by atoms with Gasteiger partial charge in [-0.25, -0.2) is 0 Å². The van der Waals surface area contributed by atoms with E-state index in [4.69, 9.17) is 4.74 Å². The zero-order valence-electron chi connectivity index (χ0n) is 14.0. The van der Waals surface area contributed by atoms with Gasteiger partial charge in [-0.1, -0.05) is 17.7 Å². The summed E-state index contributed by atoms with van der Waals surface area (Å²) in [4.78, 5) is 4.20. The Balaban J connectivity index is 1.62. The first-order valence-electron chi connectivity index (χ1n) is 7.79. The monoisotopic (exact) mass is 315 g/mol. The Hall–Kier alpha value is -2.50. The molecule has 0 aliphatic rings. The molecule has 0 amide bonds. The Morgan fingerprint density at radius 1 is 1.22 bits per heavy atom. The molecule has 0 saturated heterocycles. The number of hydrogen-bond donors (Lipinski definition) is 2. The fourth-order valence-electron chi connectivity index (χ4n) is 2.12. The van der Waals surface area contributed by atoms with Crippen LogP contribution < -0.4 is 15.4 Å². The van der Waals surface area contributed by atoms with Gasteiger partial charge in [0.15, 0.2) is 5.96 Å². The summed E-state index contributed by atoms with van der Waals surface area (Å²) >= 11 is 0. The second kappa shape index (κ2) is 8.82. The molecule has 0 aliphatic carbocycles. The predicted molar refractivity (Wildman–Crippen MR) is 93.0 cm³/mol. The molecule has 1 heterocycles. The summed E-state index contributed by atoms with van der Waals surface area (Å²) in [5, 5.41) is 10.7. The van der Waals surface area contributed by atoms with Gasteiger partial charge in [0.1, 0.15) is 12.4 Å². The molecule has 2 N–H and O–H groups in total. The first-order valence-corrected chi connectivity index (χ1v) is 7.79. The largest absolute Gasteiger partial charge is 0.492 e. The normalized spacial score (nSPS) is 11.3. The van der Waals surface area contributed by atoms with E-state index in [9.17, 15) is 0 Å². The number of guanidine groups is 1. The van der Waals surface area contributed by atoms with E-state index < -0.39 is 0 Å². The topological polar surface area (TPSA) is 63.5 Å². The second-order valence-electron chi connectivity index (χ2n) is 5.36. The van der Waals surface area contributed by atoms with Gasteiger partial charge >= 0.3 is 0 Å². The van der Waals surface area contributed by atoms with Crippen LogP contribution in [0.1, 0.15) is 11.1 Å². The minimum atomic E-state index is 0.590. The third-order valence-corrected chi connectivity index (χ3v) is 3.37. The van der Waals surface area contributed by atoms with Crippen LogP contribution in [0.5, 0.6) is 5.75 Å². The van der Waals surface area contributed by atoms with Crippen LogP contribution in [0.15, 0.2) is 41.7 Å². The minimum Gasteiger partial charge on any atom is -0.492 e. The zero-order valence-corrected chi connectivity index (χ0v) is 14.0. The molecule has 23 heavy (non-hydrogen) atoms. The number of hydrogen-bond acceptors (Lipinski definition) is 3. The van der Waals surface area contributed by atoms with Gasteiger partial charge in [-0.3, -0.25) is 9.67 Å². The highest BCUT2D eigenvalue weighted by molar-refractivity contribution is 5.79.